The van der Waals surface area contributed by atoms with E-state index in [9.17, 15) is 0 Å². The lowest BCUT2D eigenvalue weighted by molar-refractivity contribution is 1.51. The van der Waals surface area contributed by atoms with Crippen LogP contribution in [0, 0.1) is 11.3 Å². The molecule has 0 heterocycles. The SMILES string of the molecule is N#C/C(=C/C(Cl)=C\c1ccccc1)C(N)=S. The van der Waals surface area contributed by atoms with Gasteiger partial charge in [0.05, 0.1) is 5.57 Å². The van der Waals surface area contributed by atoms with E-state index in [0.717, 1.165) is 5.56 Å². The fourth-order valence-electron chi connectivity index (χ4n) is 1.05. The molecule has 0 aromatic heterocycles. The second kappa shape index (κ2) is 6.06. The molecule has 1 rings (SSSR count). The van der Waals surface area contributed by atoms with Crippen LogP contribution in [0.3, 0.4) is 0 Å². The third kappa shape index (κ3) is 3.85. The lowest BCUT2D eigenvalue weighted by Gasteiger charge is -1.95. The quantitative estimate of drug-likeness (QED) is 0.387. The number of nitriles is 1. The first-order chi connectivity index (χ1) is 7.63. The van der Waals surface area contributed by atoms with E-state index >= 15 is 0 Å². The highest BCUT2D eigenvalue weighted by Crippen LogP contribution is 2.13. The van der Waals surface area contributed by atoms with Crippen molar-refractivity contribution < 1.29 is 0 Å². The van der Waals surface area contributed by atoms with Crippen molar-refractivity contribution >= 4 is 34.9 Å². The number of halogens is 1. The molecular formula is C12H9ClN2S. The third-order valence-corrected chi connectivity index (χ3v) is 2.21. The molecule has 1 aromatic rings. The predicted octanol–water partition coefficient (Wildman–Crippen LogP) is 3.00. The van der Waals surface area contributed by atoms with E-state index in [1.54, 1.807) is 6.08 Å². The molecular weight excluding hydrogens is 240 g/mol. The smallest absolute Gasteiger partial charge is 0.114 e. The molecule has 80 valence electrons. The van der Waals surface area contributed by atoms with Crippen molar-refractivity contribution in [1.29, 1.82) is 5.26 Å². The molecule has 0 unspecified atom stereocenters. The molecule has 0 aliphatic rings. The number of allylic oxidation sites excluding steroid dienone is 2. The third-order valence-electron chi connectivity index (χ3n) is 1.77. The summed E-state index contributed by atoms with van der Waals surface area (Å²) in [6.07, 6.45) is 3.19. The second-order valence-corrected chi connectivity index (χ2v) is 3.85. The van der Waals surface area contributed by atoms with Crippen LogP contribution in [-0.4, -0.2) is 4.99 Å². The molecule has 0 radical (unpaired) electrons. The zero-order valence-electron chi connectivity index (χ0n) is 8.35. The Labute approximate surface area is 105 Å². The predicted molar refractivity (Wildman–Crippen MR) is 70.8 cm³/mol. The highest BCUT2D eigenvalue weighted by molar-refractivity contribution is 7.80. The van der Waals surface area contributed by atoms with Crippen LogP contribution in [0.15, 0.2) is 47.0 Å². The van der Waals surface area contributed by atoms with Crippen LogP contribution in [0.1, 0.15) is 5.56 Å². The zero-order valence-corrected chi connectivity index (χ0v) is 9.92. The Morgan fingerprint density at radius 2 is 2.00 bits per heavy atom. The average molecular weight is 249 g/mol. The number of nitrogens with two attached hydrogens (primary N) is 1. The fraction of sp³-hybridized carbons (Fsp3) is 0. The summed E-state index contributed by atoms with van der Waals surface area (Å²) in [5, 5.41) is 9.15. The number of hydrogen-bond acceptors (Lipinski definition) is 2. The maximum absolute atomic E-state index is 8.74. The second-order valence-electron chi connectivity index (χ2n) is 2.97. The van der Waals surface area contributed by atoms with Gasteiger partial charge in [-0.15, -0.1) is 0 Å². The number of thiocarbonyl (C=S) groups is 1. The molecule has 0 spiro atoms. The molecule has 0 saturated heterocycles. The molecule has 0 fully saturated rings. The summed E-state index contributed by atoms with van der Waals surface area (Å²) < 4.78 is 0. The molecule has 2 N–H and O–H groups in total. The normalized spacial score (nSPS) is 12.0. The minimum atomic E-state index is 0.0436. The summed E-state index contributed by atoms with van der Waals surface area (Å²) in [4.78, 5) is 0.0436. The van der Waals surface area contributed by atoms with Gasteiger partial charge in [-0.3, -0.25) is 0 Å². The van der Waals surface area contributed by atoms with Crippen molar-refractivity contribution in [2.24, 2.45) is 5.73 Å². The van der Waals surface area contributed by atoms with Gasteiger partial charge in [-0.25, -0.2) is 0 Å². The van der Waals surface area contributed by atoms with Crippen LogP contribution in [-0.2, 0) is 0 Å². The maximum Gasteiger partial charge on any atom is 0.114 e. The van der Waals surface area contributed by atoms with Gasteiger partial charge in [0, 0.05) is 5.03 Å². The standard InChI is InChI=1S/C12H9ClN2S/c13-11(7-10(8-14)12(15)16)6-9-4-2-1-3-5-9/h1-7H,(H2,15,16)/b10-7-,11-6+. The number of benzene rings is 1. The van der Waals surface area contributed by atoms with E-state index in [1.165, 1.54) is 6.08 Å². The first-order valence-electron chi connectivity index (χ1n) is 4.47. The average Bonchev–Trinajstić information content (AvgIpc) is 2.27. The van der Waals surface area contributed by atoms with Gasteiger partial charge in [-0.05, 0) is 17.7 Å². The van der Waals surface area contributed by atoms with Crippen molar-refractivity contribution in [1.82, 2.24) is 0 Å². The van der Waals surface area contributed by atoms with Crippen LogP contribution in [0.4, 0.5) is 0 Å². The lowest BCUT2D eigenvalue weighted by Crippen LogP contribution is -2.09. The Balaban J connectivity index is 2.96. The molecule has 0 amide bonds. The molecule has 16 heavy (non-hydrogen) atoms. The van der Waals surface area contributed by atoms with E-state index in [4.69, 9.17) is 34.8 Å². The highest BCUT2D eigenvalue weighted by atomic mass is 35.5. The first kappa shape index (κ1) is 12.4. The minimum absolute atomic E-state index is 0.0436. The summed E-state index contributed by atoms with van der Waals surface area (Å²) in [6.45, 7) is 0. The number of nitrogens with zero attached hydrogens (tertiary/aromatic N) is 1. The Morgan fingerprint density at radius 3 is 2.50 bits per heavy atom. The maximum atomic E-state index is 8.74. The van der Waals surface area contributed by atoms with Gasteiger partial charge in [0.1, 0.15) is 11.1 Å². The molecule has 2 nitrogen and oxygen atoms in total. The van der Waals surface area contributed by atoms with Gasteiger partial charge < -0.3 is 5.73 Å². The summed E-state index contributed by atoms with van der Waals surface area (Å²) in [5.74, 6) is 0. The lowest BCUT2D eigenvalue weighted by atomic mass is 10.2. The molecule has 0 saturated carbocycles. The van der Waals surface area contributed by atoms with Crippen LogP contribution >= 0.6 is 23.8 Å². The van der Waals surface area contributed by atoms with E-state index in [0.29, 0.717) is 5.03 Å². The van der Waals surface area contributed by atoms with Crippen molar-refractivity contribution in [2.45, 2.75) is 0 Å². The summed E-state index contributed by atoms with van der Waals surface area (Å²) >= 11 is 10.7. The van der Waals surface area contributed by atoms with E-state index < -0.39 is 0 Å². The van der Waals surface area contributed by atoms with Crippen molar-refractivity contribution in [3.05, 3.63) is 52.6 Å². The fourth-order valence-corrected chi connectivity index (χ4v) is 1.39. The van der Waals surface area contributed by atoms with Crippen LogP contribution in [0.5, 0.6) is 0 Å². The molecule has 0 aliphatic carbocycles. The van der Waals surface area contributed by atoms with E-state index in [-0.39, 0.29) is 10.6 Å². The Hall–Kier alpha value is -1.63. The van der Waals surface area contributed by atoms with Crippen molar-refractivity contribution in [3.8, 4) is 6.07 Å². The summed E-state index contributed by atoms with van der Waals surface area (Å²) in [5.41, 5.74) is 6.49. The van der Waals surface area contributed by atoms with E-state index in [2.05, 4.69) is 0 Å². The summed E-state index contributed by atoms with van der Waals surface area (Å²) in [7, 11) is 0. The van der Waals surface area contributed by atoms with Gasteiger partial charge >= 0.3 is 0 Å². The monoisotopic (exact) mass is 248 g/mol. The molecule has 4 heteroatoms. The van der Waals surface area contributed by atoms with Gasteiger partial charge in [-0.2, -0.15) is 5.26 Å². The van der Waals surface area contributed by atoms with Crippen LogP contribution in [0.2, 0.25) is 0 Å². The largest absolute Gasteiger partial charge is 0.389 e. The van der Waals surface area contributed by atoms with Gasteiger partial charge in [0.25, 0.3) is 0 Å². The number of hydrogen-bond donors (Lipinski definition) is 1. The Kier molecular flexibility index (Phi) is 4.71. The van der Waals surface area contributed by atoms with Gasteiger partial charge in [0.15, 0.2) is 0 Å². The topological polar surface area (TPSA) is 49.8 Å². The van der Waals surface area contributed by atoms with Crippen molar-refractivity contribution in [2.75, 3.05) is 0 Å². The van der Waals surface area contributed by atoms with Crippen LogP contribution < -0.4 is 5.73 Å². The zero-order chi connectivity index (χ0) is 12.0. The Morgan fingerprint density at radius 1 is 1.38 bits per heavy atom. The molecule has 0 atom stereocenters. The van der Waals surface area contributed by atoms with E-state index in [1.807, 2.05) is 36.4 Å². The molecule has 0 aliphatic heterocycles. The molecule has 1 aromatic carbocycles. The van der Waals surface area contributed by atoms with Gasteiger partial charge in [-0.1, -0.05) is 54.2 Å². The first-order valence-corrected chi connectivity index (χ1v) is 5.26. The minimum Gasteiger partial charge on any atom is -0.389 e. The van der Waals surface area contributed by atoms with Crippen LogP contribution in [0.25, 0.3) is 6.08 Å². The Bertz CT molecular complexity index is 483. The summed E-state index contributed by atoms with van der Waals surface area (Å²) in [6, 6.07) is 11.4. The number of rotatable bonds is 3. The molecule has 0 bridgehead atoms. The van der Waals surface area contributed by atoms with Gasteiger partial charge in [0.2, 0.25) is 0 Å². The highest BCUT2D eigenvalue weighted by Gasteiger charge is 1.99. The van der Waals surface area contributed by atoms with Crippen molar-refractivity contribution in [3.63, 3.8) is 0 Å².